The van der Waals surface area contributed by atoms with Gasteiger partial charge in [-0.2, -0.15) is 0 Å². The van der Waals surface area contributed by atoms with Gasteiger partial charge in [-0.25, -0.2) is 0 Å². The summed E-state index contributed by atoms with van der Waals surface area (Å²) >= 11 is 0. The SMILES string of the molecule is C1=C[C@H]2C[C@H]1[C@@]13c4ccccc4[C@]21[C@H]1C[C@H]3c2ccccc21. The van der Waals surface area contributed by atoms with Crippen LogP contribution in [0.25, 0.3) is 0 Å². The molecule has 2 saturated carbocycles. The standard InChI is InChI=1S/C22H18/c1-2-6-16-15(5-1)19-12-20(16)22-14-10-9-13(11-14)21(19,22)17-7-3-4-8-18(17)22/h1-10,13-14,19-20H,11-12H2/t13-,14-,19-,20-,21-,22-/m0/s1. The number of allylic oxidation sites excluding steroid dienone is 2. The molecular weight excluding hydrogens is 264 g/mol. The van der Waals surface area contributed by atoms with Crippen molar-refractivity contribution in [3.63, 3.8) is 0 Å². The molecule has 22 heavy (non-hydrogen) atoms. The van der Waals surface area contributed by atoms with Gasteiger partial charge in [-0.3, -0.25) is 0 Å². The molecule has 5 aliphatic rings. The van der Waals surface area contributed by atoms with E-state index in [9.17, 15) is 0 Å². The maximum Gasteiger partial charge on any atom is 0.0196 e. The molecule has 6 atom stereocenters. The summed E-state index contributed by atoms with van der Waals surface area (Å²) in [5.41, 5.74) is 7.66. The molecule has 0 amide bonds. The fourth-order valence-electron chi connectivity index (χ4n) is 7.94. The summed E-state index contributed by atoms with van der Waals surface area (Å²) in [6.07, 6.45) is 7.93. The van der Waals surface area contributed by atoms with Crippen molar-refractivity contribution in [2.24, 2.45) is 11.8 Å². The van der Waals surface area contributed by atoms with Gasteiger partial charge in [0.1, 0.15) is 0 Å². The molecule has 7 rings (SSSR count). The normalized spacial score (nSPS) is 46.9. The Morgan fingerprint density at radius 2 is 1.14 bits per heavy atom. The third-order valence-electron chi connectivity index (χ3n) is 8.07. The van der Waals surface area contributed by atoms with Gasteiger partial charge in [0, 0.05) is 10.8 Å². The monoisotopic (exact) mass is 282 g/mol. The van der Waals surface area contributed by atoms with Gasteiger partial charge in [0.25, 0.3) is 0 Å². The van der Waals surface area contributed by atoms with E-state index in [-0.39, 0.29) is 0 Å². The lowest BCUT2D eigenvalue weighted by Crippen LogP contribution is -2.62. The summed E-state index contributed by atoms with van der Waals surface area (Å²) in [4.78, 5) is 0. The van der Waals surface area contributed by atoms with Crippen molar-refractivity contribution in [3.05, 3.63) is 82.9 Å². The first-order chi connectivity index (χ1) is 10.9. The molecule has 2 aromatic carbocycles. The van der Waals surface area contributed by atoms with E-state index < -0.39 is 0 Å². The van der Waals surface area contributed by atoms with Crippen molar-refractivity contribution in [3.8, 4) is 0 Å². The lowest BCUT2D eigenvalue weighted by molar-refractivity contribution is 0.135. The first-order valence-corrected chi connectivity index (χ1v) is 8.77. The zero-order valence-corrected chi connectivity index (χ0v) is 12.5. The van der Waals surface area contributed by atoms with Crippen LogP contribution in [0.15, 0.2) is 60.7 Å². The van der Waals surface area contributed by atoms with Gasteiger partial charge in [0.05, 0.1) is 0 Å². The summed E-state index contributed by atoms with van der Waals surface area (Å²) in [5.74, 6) is 3.11. The highest BCUT2D eigenvalue weighted by molar-refractivity contribution is 5.72. The van der Waals surface area contributed by atoms with E-state index in [4.69, 9.17) is 0 Å². The van der Waals surface area contributed by atoms with Crippen LogP contribution in [0.2, 0.25) is 0 Å². The van der Waals surface area contributed by atoms with E-state index in [2.05, 4.69) is 60.7 Å². The van der Waals surface area contributed by atoms with Gasteiger partial charge in [-0.1, -0.05) is 60.7 Å². The Morgan fingerprint density at radius 3 is 1.68 bits per heavy atom. The van der Waals surface area contributed by atoms with E-state index in [0.717, 1.165) is 23.7 Å². The maximum absolute atomic E-state index is 2.57. The minimum atomic E-state index is 0.446. The first kappa shape index (κ1) is 10.8. The van der Waals surface area contributed by atoms with Gasteiger partial charge >= 0.3 is 0 Å². The van der Waals surface area contributed by atoms with Crippen molar-refractivity contribution < 1.29 is 0 Å². The Bertz CT molecular complexity index is 820. The molecule has 106 valence electrons. The van der Waals surface area contributed by atoms with Crippen molar-refractivity contribution in [1.82, 2.24) is 0 Å². The summed E-state index contributed by atoms with van der Waals surface area (Å²) in [7, 11) is 0. The molecule has 0 nitrogen and oxygen atoms in total. The molecule has 0 saturated heterocycles. The second-order valence-corrected chi connectivity index (χ2v) is 8.09. The first-order valence-electron chi connectivity index (χ1n) is 8.77. The number of rotatable bonds is 0. The van der Waals surface area contributed by atoms with Crippen LogP contribution < -0.4 is 0 Å². The molecule has 0 heterocycles. The van der Waals surface area contributed by atoms with Crippen LogP contribution in [0.1, 0.15) is 46.9 Å². The molecule has 2 aromatic rings. The molecular formula is C22H18. The highest BCUT2D eigenvalue weighted by Crippen LogP contribution is 2.87. The lowest BCUT2D eigenvalue weighted by Gasteiger charge is -2.64. The third-order valence-corrected chi connectivity index (χ3v) is 8.07. The van der Waals surface area contributed by atoms with Crippen LogP contribution in [0.3, 0.4) is 0 Å². The fraction of sp³-hybridized carbons (Fsp3) is 0.364. The zero-order valence-electron chi connectivity index (χ0n) is 12.5. The minimum absolute atomic E-state index is 0.446. The smallest absolute Gasteiger partial charge is 0.0196 e. The number of fused-ring (bicyclic) bond motifs is 8. The Hall–Kier alpha value is -1.82. The highest BCUT2D eigenvalue weighted by Gasteiger charge is 2.83. The molecule has 0 aliphatic heterocycles. The van der Waals surface area contributed by atoms with E-state index >= 15 is 0 Å². The molecule has 0 unspecified atom stereocenters. The molecule has 2 fully saturated rings. The molecule has 4 bridgehead atoms. The van der Waals surface area contributed by atoms with Crippen LogP contribution >= 0.6 is 0 Å². The van der Waals surface area contributed by atoms with E-state index in [1.807, 2.05) is 0 Å². The van der Waals surface area contributed by atoms with Crippen LogP contribution in [-0.4, -0.2) is 0 Å². The van der Waals surface area contributed by atoms with E-state index in [0.29, 0.717) is 10.8 Å². The fourth-order valence-corrected chi connectivity index (χ4v) is 7.94. The number of benzene rings is 2. The van der Waals surface area contributed by atoms with Crippen molar-refractivity contribution in [2.45, 2.75) is 35.5 Å². The number of hydrogen-bond acceptors (Lipinski definition) is 0. The topological polar surface area (TPSA) is 0 Å². The Morgan fingerprint density at radius 1 is 0.636 bits per heavy atom. The lowest BCUT2D eigenvalue weighted by atomic mass is 9.38. The quantitative estimate of drug-likeness (QED) is 0.616. The van der Waals surface area contributed by atoms with Crippen molar-refractivity contribution in [2.75, 3.05) is 0 Å². The number of hydrogen-bond donors (Lipinski definition) is 0. The predicted molar refractivity (Wildman–Crippen MR) is 87.1 cm³/mol. The summed E-state index contributed by atoms with van der Waals surface area (Å²) in [6.45, 7) is 0. The van der Waals surface area contributed by atoms with Crippen molar-refractivity contribution in [1.29, 1.82) is 0 Å². The molecule has 0 spiro atoms. The molecule has 5 aliphatic carbocycles. The maximum atomic E-state index is 2.57. The second kappa shape index (κ2) is 2.97. The van der Waals surface area contributed by atoms with Crippen LogP contribution in [0, 0.1) is 11.8 Å². The van der Waals surface area contributed by atoms with E-state index in [1.165, 1.54) is 12.8 Å². The highest BCUT2D eigenvalue weighted by atomic mass is 14.8. The summed E-state index contributed by atoms with van der Waals surface area (Å²) < 4.78 is 0. The average Bonchev–Trinajstić information content (AvgIpc) is 3.27. The largest absolute Gasteiger partial charge is 0.0841 e. The van der Waals surface area contributed by atoms with Crippen LogP contribution in [0.5, 0.6) is 0 Å². The molecule has 0 aromatic heterocycles. The average molecular weight is 282 g/mol. The second-order valence-electron chi connectivity index (χ2n) is 8.09. The molecule has 0 radical (unpaired) electrons. The predicted octanol–water partition coefficient (Wildman–Crippen LogP) is 4.67. The van der Waals surface area contributed by atoms with Crippen molar-refractivity contribution >= 4 is 0 Å². The van der Waals surface area contributed by atoms with Crippen LogP contribution in [0.4, 0.5) is 0 Å². The van der Waals surface area contributed by atoms with Gasteiger partial charge in [-0.05, 0) is 58.8 Å². The Balaban J connectivity index is 1.65. The zero-order chi connectivity index (χ0) is 14.1. The Kier molecular flexibility index (Phi) is 1.46. The van der Waals surface area contributed by atoms with Gasteiger partial charge in [0.15, 0.2) is 0 Å². The van der Waals surface area contributed by atoms with Gasteiger partial charge in [0.2, 0.25) is 0 Å². The minimum Gasteiger partial charge on any atom is -0.0841 e. The van der Waals surface area contributed by atoms with Gasteiger partial charge < -0.3 is 0 Å². The van der Waals surface area contributed by atoms with Crippen LogP contribution in [-0.2, 0) is 10.8 Å². The summed E-state index contributed by atoms with van der Waals surface area (Å²) in [5, 5.41) is 0. The van der Waals surface area contributed by atoms with Gasteiger partial charge in [-0.15, -0.1) is 0 Å². The third kappa shape index (κ3) is 0.722. The molecule has 0 heteroatoms. The summed E-state index contributed by atoms with van der Waals surface area (Å²) in [6, 6.07) is 18.8. The molecule has 0 N–H and O–H groups in total. The van der Waals surface area contributed by atoms with E-state index in [1.54, 1.807) is 22.3 Å². The Labute approximate surface area is 130 Å².